The zero-order chi connectivity index (χ0) is 20.4. The summed E-state index contributed by atoms with van der Waals surface area (Å²) in [5.74, 6) is -0.0306. The van der Waals surface area contributed by atoms with E-state index >= 15 is 0 Å². The van der Waals surface area contributed by atoms with Gasteiger partial charge in [0.2, 0.25) is 5.91 Å². The molecule has 1 amide bonds. The van der Waals surface area contributed by atoms with Crippen LogP contribution in [0, 0.1) is 0 Å². The lowest BCUT2D eigenvalue weighted by atomic mass is 9.97. The molecule has 0 spiro atoms. The van der Waals surface area contributed by atoms with Crippen LogP contribution in [0.15, 0.2) is 36.8 Å². The van der Waals surface area contributed by atoms with Crippen molar-refractivity contribution in [2.45, 2.75) is 32.0 Å². The normalized spacial score (nSPS) is 13.9. The number of amides is 1. The van der Waals surface area contributed by atoms with Crippen molar-refractivity contribution in [3.63, 3.8) is 0 Å². The van der Waals surface area contributed by atoms with Crippen molar-refractivity contribution in [2.75, 3.05) is 11.9 Å². The molecule has 0 aliphatic heterocycles. The number of fused-ring (bicyclic) bond motifs is 1. The Labute approximate surface area is 158 Å². The van der Waals surface area contributed by atoms with E-state index in [1.165, 1.54) is 13.1 Å². The average molecular weight is 392 g/mol. The van der Waals surface area contributed by atoms with Crippen LogP contribution in [0.5, 0.6) is 0 Å². The van der Waals surface area contributed by atoms with Crippen LogP contribution in [-0.2, 0) is 4.79 Å². The summed E-state index contributed by atoms with van der Waals surface area (Å²) in [6, 6.07) is 5.22. The molecule has 148 valence electrons. The summed E-state index contributed by atoms with van der Waals surface area (Å²) in [6.07, 6.45) is 0.686. The number of carbonyl (C=O) groups is 1. The van der Waals surface area contributed by atoms with Crippen LogP contribution in [0.3, 0.4) is 0 Å². The summed E-state index contributed by atoms with van der Waals surface area (Å²) in [4.78, 5) is 28.2. The lowest BCUT2D eigenvalue weighted by molar-refractivity contribution is -0.140. The first-order valence-corrected chi connectivity index (χ1v) is 8.60. The van der Waals surface area contributed by atoms with Crippen molar-refractivity contribution in [2.24, 2.45) is 0 Å². The standard InChI is InChI=1S/C18H19F3N6O/c1-3-17(2,16(28)25-10-18(19,20)21)27-13-6-8-23-15(26-13)12-9-24-14-11(12)5-4-7-22-14/h4-9H,3,10H2,1-2H3,(H,22,24)(H,25,28)(H,23,26,27)/t17-/m0/s1. The Morgan fingerprint density at radius 1 is 1.21 bits per heavy atom. The molecular formula is C18H19F3N6O. The Balaban J connectivity index is 1.84. The molecule has 7 nitrogen and oxygen atoms in total. The van der Waals surface area contributed by atoms with Crippen molar-refractivity contribution in [1.82, 2.24) is 25.3 Å². The summed E-state index contributed by atoms with van der Waals surface area (Å²) < 4.78 is 37.2. The second kappa shape index (κ2) is 7.45. The number of aromatic nitrogens is 4. The van der Waals surface area contributed by atoms with Gasteiger partial charge in [0.15, 0.2) is 5.82 Å². The van der Waals surface area contributed by atoms with E-state index in [1.54, 1.807) is 31.5 Å². The van der Waals surface area contributed by atoms with E-state index in [2.05, 4.69) is 25.3 Å². The maximum absolute atomic E-state index is 12.4. The minimum atomic E-state index is -4.48. The first-order valence-electron chi connectivity index (χ1n) is 8.60. The maximum atomic E-state index is 12.4. The molecule has 0 unspecified atom stereocenters. The quantitative estimate of drug-likeness (QED) is 0.598. The minimum Gasteiger partial charge on any atom is -0.356 e. The summed E-state index contributed by atoms with van der Waals surface area (Å²) in [7, 11) is 0. The van der Waals surface area contributed by atoms with Gasteiger partial charge in [-0.25, -0.2) is 15.0 Å². The van der Waals surface area contributed by atoms with E-state index in [4.69, 9.17) is 0 Å². The topological polar surface area (TPSA) is 95.6 Å². The molecule has 28 heavy (non-hydrogen) atoms. The average Bonchev–Trinajstić information content (AvgIpc) is 3.09. The van der Waals surface area contributed by atoms with Gasteiger partial charge in [-0.05, 0) is 31.5 Å². The van der Waals surface area contributed by atoms with Gasteiger partial charge in [0.25, 0.3) is 0 Å². The van der Waals surface area contributed by atoms with Crippen molar-refractivity contribution in [1.29, 1.82) is 0 Å². The first kappa shape index (κ1) is 19.6. The highest BCUT2D eigenvalue weighted by molar-refractivity contribution is 5.92. The number of alkyl halides is 3. The lowest BCUT2D eigenvalue weighted by Crippen LogP contribution is -2.52. The third-order valence-electron chi connectivity index (χ3n) is 4.41. The molecule has 0 radical (unpaired) electrons. The van der Waals surface area contributed by atoms with E-state index < -0.39 is 24.2 Å². The molecule has 0 aliphatic carbocycles. The monoisotopic (exact) mass is 392 g/mol. The zero-order valence-corrected chi connectivity index (χ0v) is 15.3. The molecule has 10 heteroatoms. The van der Waals surface area contributed by atoms with Gasteiger partial charge in [0.05, 0.1) is 0 Å². The highest BCUT2D eigenvalue weighted by atomic mass is 19.4. The van der Waals surface area contributed by atoms with E-state index in [0.717, 1.165) is 10.9 Å². The van der Waals surface area contributed by atoms with Gasteiger partial charge in [0, 0.05) is 29.5 Å². The highest BCUT2D eigenvalue weighted by Crippen LogP contribution is 2.26. The molecule has 0 aromatic carbocycles. The summed E-state index contributed by atoms with van der Waals surface area (Å²) in [5.41, 5.74) is 0.148. The first-order chi connectivity index (χ1) is 13.2. The number of hydrogen-bond donors (Lipinski definition) is 3. The Kier molecular flexibility index (Phi) is 5.21. The van der Waals surface area contributed by atoms with Gasteiger partial charge >= 0.3 is 6.18 Å². The van der Waals surface area contributed by atoms with Crippen LogP contribution in [-0.4, -0.2) is 44.1 Å². The predicted molar refractivity (Wildman–Crippen MR) is 98.5 cm³/mol. The van der Waals surface area contributed by atoms with E-state index in [0.29, 0.717) is 17.3 Å². The van der Waals surface area contributed by atoms with Crippen molar-refractivity contribution in [3.05, 3.63) is 36.8 Å². The van der Waals surface area contributed by atoms with Gasteiger partial charge in [-0.2, -0.15) is 13.2 Å². The number of halogens is 3. The molecule has 0 saturated carbocycles. The number of hydrogen-bond acceptors (Lipinski definition) is 5. The molecule has 3 heterocycles. The number of rotatable bonds is 6. The maximum Gasteiger partial charge on any atom is 0.405 e. The minimum absolute atomic E-state index is 0.257. The van der Waals surface area contributed by atoms with Gasteiger partial charge in [-0.15, -0.1) is 0 Å². The van der Waals surface area contributed by atoms with Crippen LogP contribution in [0.25, 0.3) is 22.4 Å². The number of nitrogens with one attached hydrogen (secondary N) is 3. The van der Waals surface area contributed by atoms with Gasteiger partial charge in [0.1, 0.15) is 23.5 Å². The fourth-order valence-electron chi connectivity index (χ4n) is 2.66. The number of aromatic amines is 1. The van der Waals surface area contributed by atoms with Crippen molar-refractivity contribution in [3.8, 4) is 11.4 Å². The molecule has 0 saturated heterocycles. The SMILES string of the molecule is CC[C@](C)(Nc1ccnc(-c2c[nH]c3ncccc23)n1)C(=O)NCC(F)(F)F. The van der Waals surface area contributed by atoms with Gasteiger partial charge < -0.3 is 15.6 Å². The Hall–Kier alpha value is -3.17. The third-order valence-corrected chi connectivity index (χ3v) is 4.41. The Morgan fingerprint density at radius 3 is 2.71 bits per heavy atom. The fourth-order valence-corrected chi connectivity index (χ4v) is 2.66. The highest BCUT2D eigenvalue weighted by Gasteiger charge is 2.35. The fraction of sp³-hybridized carbons (Fsp3) is 0.333. The Bertz CT molecular complexity index is 987. The largest absolute Gasteiger partial charge is 0.405 e. The smallest absolute Gasteiger partial charge is 0.356 e. The molecule has 3 rings (SSSR count). The number of carbonyl (C=O) groups excluding carboxylic acids is 1. The molecule has 0 bridgehead atoms. The van der Waals surface area contributed by atoms with E-state index in [-0.39, 0.29) is 6.42 Å². The van der Waals surface area contributed by atoms with E-state index in [1.807, 2.05) is 11.4 Å². The lowest BCUT2D eigenvalue weighted by Gasteiger charge is -2.29. The molecule has 3 aromatic heterocycles. The summed E-state index contributed by atoms with van der Waals surface area (Å²) in [6.45, 7) is 1.84. The summed E-state index contributed by atoms with van der Waals surface area (Å²) >= 11 is 0. The molecule has 1 atom stereocenters. The number of anilines is 1. The van der Waals surface area contributed by atoms with Crippen molar-refractivity contribution < 1.29 is 18.0 Å². The molecule has 0 fully saturated rings. The Morgan fingerprint density at radius 2 is 2.00 bits per heavy atom. The number of nitrogens with zero attached hydrogens (tertiary/aromatic N) is 3. The third kappa shape index (κ3) is 4.21. The van der Waals surface area contributed by atoms with Crippen LogP contribution in [0.4, 0.5) is 19.0 Å². The van der Waals surface area contributed by atoms with Gasteiger partial charge in [-0.1, -0.05) is 6.92 Å². The van der Waals surface area contributed by atoms with E-state index in [9.17, 15) is 18.0 Å². The number of pyridine rings is 1. The number of H-pyrrole nitrogens is 1. The van der Waals surface area contributed by atoms with Crippen LogP contribution in [0.2, 0.25) is 0 Å². The van der Waals surface area contributed by atoms with Crippen LogP contribution in [0.1, 0.15) is 20.3 Å². The molecule has 3 N–H and O–H groups in total. The zero-order valence-electron chi connectivity index (χ0n) is 15.3. The predicted octanol–water partition coefficient (Wildman–Crippen LogP) is 3.28. The van der Waals surface area contributed by atoms with Crippen molar-refractivity contribution >= 4 is 22.8 Å². The molecule has 0 aliphatic rings. The van der Waals surface area contributed by atoms with Gasteiger partial charge in [-0.3, -0.25) is 4.79 Å². The van der Waals surface area contributed by atoms with Crippen LogP contribution < -0.4 is 10.6 Å². The van der Waals surface area contributed by atoms with Crippen LogP contribution >= 0.6 is 0 Å². The molecular weight excluding hydrogens is 373 g/mol. The molecule has 3 aromatic rings. The second-order valence-corrected chi connectivity index (χ2v) is 6.48. The second-order valence-electron chi connectivity index (χ2n) is 6.48. The summed E-state index contributed by atoms with van der Waals surface area (Å²) in [5, 5.41) is 5.69.